The van der Waals surface area contributed by atoms with Crippen LogP contribution in [0.2, 0.25) is 0 Å². The molecule has 0 aromatic heterocycles. The first-order chi connectivity index (χ1) is 7.61. The monoisotopic (exact) mass is 217 g/mol. The van der Waals surface area contributed by atoms with Gasteiger partial charge in [-0.1, -0.05) is 32.9 Å². The first-order valence-electron chi connectivity index (χ1n) is 6.05. The molecule has 0 fully saturated rings. The van der Waals surface area contributed by atoms with Crippen LogP contribution in [0.1, 0.15) is 44.2 Å². The summed E-state index contributed by atoms with van der Waals surface area (Å²) in [7, 11) is 0. The Morgan fingerprint density at radius 2 is 2.19 bits per heavy atom. The van der Waals surface area contributed by atoms with E-state index in [1.165, 1.54) is 11.1 Å². The second kappa shape index (κ2) is 4.28. The van der Waals surface area contributed by atoms with Crippen LogP contribution in [-0.4, -0.2) is 5.91 Å². The molecule has 2 nitrogen and oxygen atoms in total. The SMILES string of the molecule is CCC1Cc2cc(C(C)C)ccc2NC1=O. The van der Waals surface area contributed by atoms with Gasteiger partial charge in [0.1, 0.15) is 0 Å². The maximum absolute atomic E-state index is 11.7. The molecule has 0 aliphatic carbocycles. The number of amides is 1. The van der Waals surface area contributed by atoms with Gasteiger partial charge < -0.3 is 5.32 Å². The van der Waals surface area contributed by atoms with E-state index in [1.807, 2.05) is 6.07 Å². The fraction of sp³-hybridized carbons (Fsp3) is 0.500. The summed E-state index contributed by atoms with van der Waals surface area (Å²) in [5, 5.41) is 2.99. The second-order valence-electron chi connectivity index (χ2n) is 4.87. The molecule has 0 bridgehead atoms. The quantitative estimate of drug-likeness (QED) is 0.808. The van der Waals surface area contributed by atoms with Crippen LogP contribution in [0.5, 0.6) is 0 Å². The van der Waals surface area contributed by atoms with E-state index in [9.17, 15) is 4.79 Å². The summed E-state index contributed by atoms with van der Waals surface area (Å²) in [5.41, 5.74) is 3.64. The lowest BCUT2D eigenvalue weighted by molar-refractivity contribution is -0.120. The minimum absolute atomic E-state index is 0.148. The molecule has 2 rings (SSSR count). The molecule has 0 spiro atoms. The van der Waals surface area contributed by atoms with Crippen molar-refractivity contribution in [3.8, 4) is 0 Å². The van der Waals surface area contributed by atoms with Crippen LogP contribution >= 0.6 is 0 Å². The number of anilines is 1. The van der Waals surface area contributed by atoms with E-state index < -0.39 is 0 Å². The molecule has 1 aliphatic heterocycles. The average molecular weight is 217 g/mol. The lowest BCUT2D eigenvalue weighted by Gasteiger charge is -2.24. The highest BCUT2D eigenvalue weighted by molar-refractivity contribution is 5.95. The zero-order valence-electron chi connectivity index (χ0n) is 10.2. The van der Waals surface area contributed by atoms with E-state index in [1.54, 1.807) is 0 Å². The van der Waals surface area contributed by atoms with Crippen molar-refractivity contribution < 1.29 is 4.79 Å². The van der Waals surface area contributed by atoms with Crippen LogP contribution < -0.4 is 5.32 Å². The first-order valence-corrected chi connectivity index (χ1v) is 6.05. The normalized spacial score (nSPS) is 19.5. The summed E-state index contributed by atoms with van der Waals surface area (Å²) in [6.45, 7) is 6.46. The Labute approximate surface area is 97.1 Å². The summed E-state index contributed by atoms with van der Waals surface area (Å²) in [5.74, 6) is 0.866. The predicted octanol–water partition coefficient (Wildman–Crippen LogP) is 3.33. The Balaban J connectivity index is 2.33. The molecular formula is C14H19NO. The third-order valence-corrected chi connectivity index (χ3v) is 3.38. The molecule has 0 radical (unpaired) electrons. The Morgan fingerprint density at radius 3 is 2.81 bits per heavy atom. The molecule has 1 aromatic carbocycles. The van der Waals surface area contributed by atoms with Gasteiger partial charge in [0.05, 0.1) is 0 Å². The Kier molecular flexibility index (Phi) is 2.99. The molecule has 86 valence electrons. The van der Waals surface area contributed by atoms with E-state index in [0.29, 0.717) is 5.92 Å². The van der Waals surface area contributed by atoms with Crippen molar-refractivity contribution in [1.29, 1.82) is 0 Å². The highest BCUT2D eigenvalue weighted by Gasteiger charge is 2.24. The van der Waals surface area contributed by atoms with Gasteiger partial charge in [-0.2, -0.15) is 0 Å². The average Bonchev–Trinajstić information content (AvgIpc) is 2.27. The molecule has 1 heterocycles. The van der Waals surface area contributed by atoms with E-state index in [-0.39, 0.29) is 11.8 Å². The Hall–Kier alpha value is -1.31. The van der Waals surface area contributed by atoms with Crippen molar-refractivity contribution in [2.45, 2.75) is 39.5 Å². The van der Waals surface area contributed by atoms with Crippen LogP contribution in [0, 0.1) is 5.92 Å². The Bertz CT molecular complexity index is 409. The van der Waals surface area contributed by atoms with Crippen molar-refractivity contribution in [1.82, 2.24) is 0 Å². The van der Waals surface area contributed by atoms with Crippen molar-refractivity contribution in [3.63, 3.8) is 0 Å². The summed E-state index contributed by atoms with van der Waals surface area (Å²) in [6, 6.07) is 6.38. The molecule has 2 heteroatoms. The van der Waals surface area contributed by atoms with Gasteiger partial charge in [0, 0.05) is 11.6 Å². The largest absolute Gasteiger partial charge is 0.326 e. The Morgan fingerprint density at radius 1 is 1.44 bits per heavy atom. The third kappa shape index (κ3) is 1.97. The summed E-state index contributed by atoms with van der Waals surface area (Å²) in [6.07, 6.45) is 1.80. The van der Waals surface area contributed by atoms with Gasteiger partial charge in [-0.15, -0.1) is 0 Å². The number of fused-ring (bicyclic) bond motifs is 1. The minimum Gasteiger partial charge on any atom is -0.326 e. The van der Waals surface area contributed by atoms with Crippen molar-refractivity contribution in [2.24, 2.45) is 5.92 Å². The zero-order valence-corrected chi connectivity index (χ0v) is 10.2. The molecule has 0 saturated heterocycles. The van der Waals surface area contributed by atoms with Crippen molar-refractivity contribution >= 4 is 11.6 Å². The number of nitrogens with one attached hydrogen (secondary N) is 1. The number of benzene rings is 1. The molecule has 1 amide bonds. The van der Waals surface area contributed by atoms with Gasteiger partial charge in [0.2, 0.25) is 5.91 Å². The van der Waals surface area contributed by atoms with Gasteiger partial charge in [-0.25, -0.2) is 0 Å². The maximum Gasteiger partial charge on any atom is 0.227 e. The van der Waals surface area contributed by atoms with Crippen LogP contribution in [0.4, 0.5) is 5.69 Å². The number of rotatable bonds is 2. The topological polar surface area (TPSA) is 29.1 Å². The summed E-state index contributed by atoms with van der Waals surface area (Å²) >= 11 is 0. The lowest BCUT2D eigenvalue weighted by Crippen LogP contribution is -2.29. The van der Waals surface area contributed by atoms with Gasteiger partial charge >= 0.3 is 0 Å². The van der Waals surface area contributed by atoms with Crippen LogP contribution in [0.15, 0.2) is 18.2 Å². The smallest absolute Gasteiger partial charge is 0.227 e. The van der Waals surface area contributed by atoms with Gasteiger partial charge in [0.25, 0.3) is 0 Å². The van der Waals surface area contributed by atoms with Gasteiger partial charge in [0.15, 0.2) is 0 Å². The maximum atomic E-state index is 11.7. The minimum atomic E-state index is 0.148. The van der Waals surface area contributed by atoms with Crippen LogP contribution in [0.3, 0.4) is 0 Å². The fourth-order valence-electron chi connectivity index (χ4n) is 2.19. The number of hydrogen-bond acceptors (Lipinski definition) is 1. The summed E-state index contributed by atoms with van der Waals surface area (Å²) in [4.78, 5) is 11.7. The molecule has 1 unspecified atom stereocenters. The van der Waals surface area contributed by atoms with E-state index in [0.717, 1.165) is 18.5 Å². The first kappa shape index (κ1) is 11.2. The second-order valence-corrected chi connectivity index (χ2v) is 4.87. The van der Waals surface area contributed by atoms with E-state index >= 15 is 0 Å². The highest BCUT2D eigenvalue weighted by Crippen LogP contribution is 2.29. The molecule has 16 heavy (non-hydrogen) atoms. The molecule has 1 aromatic rings. The van der Waals surface area contributed by atoms with Crippen LogP contribution in [-0.2, 0) is 11.2 Å². The number of carbonyl (C=O) groups is 1. The highest BCUT2D eigenvalue weighted by atomic mass is 16.1. The number of carbonyl (C=O) groups excluding carboxylic acids is 1. The summed E-state index contributed by atoms with van der Waals surface area (Å²) < 4.78 is 0. The van der Waals surface area contributed by atoms with Gasteiger partial charge in [-0.05, 0) is 36.0 Å². The molecule has 1 N–H and O–H groups in total. The zero-order chi connectivity index (χ0) is 11.7. The van der Waals surface area contributed by atoms with Crippen molar-refractivity contribution in [2.75, 3.05) is 5.32 Å². The lowest BCUT2D eigenvalue weighted by atomic mass is 9.89. The molecular weight excluding hydrogens is 198 g/mol. The van der Waals surface area contributed by atoms with Gasteiger partial charge in [-0.3, -0.25) is 4.79 Å². The molecule has 0 saturated carbocycles. The fourth-order valence-corrected chi connectivity index (χ4v) is 2.19. The number of hydrogen-bond donors (Lipinski definition) is 1. The predicted molar refractivity (Wildman–Crippen MR) is 66.6 cm³/mol. The van der Waals surface area contributed by atoms with Crippen LogP contribution in [0.25, 0.3) is 0 Å². The van der Waals surface area contributed by atoms with E-state index in [4.69, 9.17) is 0 Å². The standard InChI is InChI=1S/C14H19NO/c1-4-10-7-12-8-11(9(2)3)5-6-13(12)15-14(10)16/h5-6,8-10H,4,7H2,1-3H3,(H,15,16). The van der Waals surface area contributed by atoms with Crippen molar-refractivity contribution in [3.05, 3.63) is 29.3 Å². The molecule has 1 atom stereocenters. The van der Waals surface area contributed by atoms with E-state index in [2.05, 4.69) is 38.2 Å². The third-order valence-electron chi connectivity index (χ3n) is 3.38. The molecule has 1 aliphatic rings.